The second-order valence-corrected chi connectivity index (χ2v) is 6.28. The van der Waals surface area contributed by atoms with E-state index in [4.69, 9.17) is 9.47 Å². The van der Waals surface area contributed by atoms with E-state index in [1.807, 2.05) is 25.1 Å². The van der Waals surface area contributed by atoms with Crippen LogP contribution in [0.1, 0.15) is 42.3 Å². The lowest BCUT2D eigenvalue weighted by Crippen LogP contribution is -2.22. The molecule has 1 aromatic heterocycles. The van der Waals surface area contributed by atoms with Crippen molar-refractivity contribution in [3.63, 3.8) is 0 Å². The summed E-state index contributed by atoms with van der Waals surface area (Å²) in [4.78, 5) is 6.93. The van der Waals surface area contributed by atoms with Crippen molar-refractivity contribution in [2.75, 3.05) is 21.3 Å². The van der Waals surface area contributed by atoms with E-state index in [-0.39, 0.29) is 12.1 Å². The molecule has 0 N–H and O–H groups in total. The number of para-hydroxylation sites is 1. The predicted molar refractivity (Wildman–Crippen MR) is 90.4 cm³/mol. The molecule has 0 saturated carbocycles. The molecule has 2 atom stereocenters. The topological polar surface area (TPSA) is 34.6 Å². The Hall–Kier alpha value is -1.43. The van der Waals surface area contributed by atoms with Crippen molar-refractivity contribution in [2.45, 2.75) is 32.5 Å². The summed E-state index contributed by atoms with van der Waals surface area (Å²) in [6.45, 7) is 5.00. The second kappa shape index (κ2) is 7.72. The number of ether oxygens (including phenoxy) is 2. The first kappa shape index (κ1) is 16.9. The molecule has 0 aliphatic rings. The zero-order valence-electron chi connectivity index (χ0n) is 13.9. The Labute approximate surface area is 136 Å². The molecule has 1 aromatic carbocycles. The third kappa shape index (κ3) is 3.85. The molecule has 4 nitrogen and oxygen atoms in total. The monoisotopic (exact) mass is 320 g/mol. The molecule has 2 rings (SSSR count). The Morgan fingerprint density at radius 1 is 1.23 bits per heavy atom. The van der Waals surface area contributed by atoms with Crippen LogP contribution in [0.4, 0.5) is 0 Å². The summed E-state index contributed by atoms with van der Waals surface area (Å²) in [6, 6.07) is 8.40. The van der Waals surface area contributed by atoms with Gasteiger partial charge in [0, 0.05) is 30.6 Å². The Morgan fingerprint density at radius 2 is 1.95 bits per heavy atom. The zero-order valence-corrected chi connectivity index (χ0v) is 14.7. The van der Waals surface area contributed by atoms with Gasteiger partial charge in [-0.3, -0.25) is 4.90 Å². The number of aromatic nitrogens is 1. The summed E-state index contributed by atoms with van der Waals surface area (Å²) in [5.74, 6) is 0.925. The number of benzene rings is 1. The van der Waals surface area contributed by atoms with Gasteiger partial charge in [-0.1, -0.05) is 18.2 Å². The van der Waals surface area contributed by atoms with E-state index in [1.54, 1.807) is 25.6 Å². The molecule has 2 aromatic rings. The van der Waals surface area contributed by atoms with E-state index < -0.39 is 0 Å². The van der Waals surface area contributed by atoms with Gasteiger partial charge in [0.2, 0.25) is 0 Å². The number of thiazole rings is 1. The normalized spacial score (nSPS) is 14.1. The maximum absolute atomic E-state index is 5.46. The molecular formula is C17H24N2O2S. The minimum Gasteiger partial charge on any atom is -0.496 e. The highest BCUT2D eigenvalue weighted by molar-refractivity contribution is 7.09. The van der Waals surface area contributed by atoms with E-state index in [0.717, 1.165) is 23.0 Å². The molecule has 0 bridgehead atoms. The first-order valence-electron chi connectivity index (χ1n) is 7.37. The van der Waals surface area contributed by atoms with Crippen molar-refractivity contribution >= 4 is 11.3 Å². The van der Waals surface area contributed by atoms with Crippen molar-refractivity contribution < 1.29 is 9.47 Å². The Bertz CT molecular complexity index is 600. The molecule has 22 heavy (non-hydrogen) atoms. The van der Waals surface area contributed by atoms with Crippen molar-refractivity contribution in [2.24, 2.45) is 0 Å². The minimum absolute atomic E-state index is 0.0516. The van der Waals surface area contributed by atoms with Crippen LogP contribution >= 0.6 is 11.3 Å². The molecule has 0 radical (unpaired) electrons. The number of methoxy groups -OCH3 is 2. The second-order valence-electron chi connectivity index (χ2n) is 5.39. The van der Waals surface area contributed by atoms with Gasteiger partial charge < -0.3 is 9.47 Å². The molecule has 5 heteroatoms. The molecule has 0 aliphatic carbocycles. The van der Waals surface area contributed by atoms with Gasteiger partial charge in [0.15, 0.2) is 0 Å². The fourth-order valence-electron chi connectivity index (χ4n) is 2.32. The summed E-state index contributed by atoms with van der Waals surface area (Å²) in [5.41, 5.74) is 2.27. The van der Waals surface area contributed by atoms with Gasteiger partial charge >= 0.3 is 0 Å². The first-order valence-corrected chi connectivity index (χ1v) is 8.25. The quantitative estimate of drug-likeness (QED) is 0.771. The van der Waals surface area contributed by atoms with Gasteiger partial charge in [-0.15, -0.1) is 11.3 Å². The molecular weight excluding hydrogens is 296 g/mol. The summed E-state index contributed by atoms with van der Waals surface area (Å²) in [7, 11) is 5.53. The van der Waals surface area contributed by atoms with Crippen molar-refractivity contribution in [1.29, 1.82) is 0 Å². The maximum Gasteiger partial charge on any atom is 0.123 e. The van der Waals surface area contributed by atoms with Gasteiger partial charge in [-0.2, -0.15) is 0 Å². The Kier molecular flexibility index (Phi) is 5.94. The molecule has 0 saturated heterocycles. The molecule has 0 aliphatic heterocycles. The van der Waals surface area contributed by atoms with Gasteiger partial charge in [-0.05, 0) is 27.0 Å². The lowest BCUT2D eigenvalue weighted by molar-refractivity contribution is 0.119. The maximum atomic E-state index is 5.46. The van der Waals surface area contributed by atoms with E-state index in [1.165, 1.54) is 5.56 Å². The smallest absolute Gasteiger partial charge is 0.123 e. The van der Waals surface area contributed by atoms with E-state index >= 15 is 0 Å². The van der Waals surface area contributed by atoms with Gasteiger partial charge in [-0.25, -0.2) is 4.98 Å². The standard InChI is InChI=1S/C17H24N2O2S/c1-12(15-8-6-7-9-16(15)21-5)19(3)10-14-11-22-17(18-14)13(2)20-4/h6-9,11-13H,10H2,1-5H3/t12-,13-/m1/s1. The van der Waals surface area contributed by atoms with Gasteiger partial charge in [0.25, 0.3) is 0 Å². The van der Waals surface area contributed by atoms with Crippen LogP contribution in [-0.2, 0) is 11.3 Å². The predicted octanol–water partition coefficient (Wildman–Crippen LogP) is 4.05. The van der Waals surface area contributed by atoms with Crippen LogP contribution in [0.2, 0.25) is 0 Å². The average Bonchev–Trinajstić information content (AvgIpc) is 3.01. The Balaban J connectivity index is 2.08. The molecule has 0 spiro atoms. The highest BCUT2D eigenvalue weighted by Crippen LogP contribution is 2.29. The van der Waals surface area contributed by atoms with Crippen LogP contribution in [0.3, 0.4) is 0 Å². The first-order chi connectivity index (χ1) is 10.6. The number of hydrogen-bond donors (Lipinski definition) is 0. The van der Waals surface area contributed by atoms with Crippen LogP contribution in [-0.4, -0.2) is 31.2 Å². The van der Waals surface area contributed by atoms with E-state index in [2.05, 4.69) is 35.3 Å². The number of hydrogen-bond acceptors (Lipinski definition) is 5. The summed E-state index contributed by atoms with van der Waals surface area (Å²) >= 11 is 1.65. The molecule has 0 fully saturated rings. The van der Waals surface area contributed by atoms with Crippen LogP contribution in [0.5, 0.6) is 5.75 Å². The number of nitrogens with zero attached hydrogens (tertiary/aromatic N) is 2. The Morgan fingerprint density at radius 3 is 2.64 bits per heavy atom. The van der Waals surface area contributed by atoms with Crippen molar-refractivity contribution in [3.05, 3.63) is 45.9 Å². The fraction of sp³-hybridized carbons (Fsp3) is 0.471. The third-order valence-corrected chi connectivity index (χ3v) is 4.99. The van der Waals surface area contributed by atoms with Crippen LogP contribution in [0.25, 0.3) is 0 Å². The lowest BCUT2D eigenvalue weighted by Gasteiger charge is -2.25. The molecule has 1 heterocycles. The number of rotatable bonds is 7. The van der Waals surface area contributed by atoms with Crippen LogP contribution < -0.4 is 4.74 Å². The lowest BCUT2D eigenvalue weighted by atomic mass is 10.1. The van der Waals surface area contributed by atoms with Gasteiger partial charge in [0.05, 0.1) is 12.8 Å². The third-order valence-electron chi connectivity index (χ3n) is 3.93. The summed E-state index contributed by atoms with van der Waals surface area (Å²) in [6.07, 6.45) is 0.0516. The van der Waals surface area contributed by atoms with E-state index in [0.29, 0.717) is 0 Å². The summed E-state index contributed by atoms with van der Waals surface area (Å²) < 4.78 is 10.8. The highest BCUT2D eigenvalue weighted by Gasteiger charge is 2.17. The average molecular weight is 320 g/mol. The van der Waals surface area contributed by atoms with Crippen LogP contribution in [0.15, 0.2) is 29.6 Å². The molecule has 120 valence electrons. The van der Waals surface area contributed by atoms with Crippen molar-refractivity contribution in [3.8, 4) is 5.75 Å². The van der Waals surface area contributed by atoms with Gasteiger partial charge in [0.1, 0.15) is 16.9 Å². The zero-order chi connectivity index (χ0) is 16.1. The molecule has 0 amide bonds. The SMILES string of the molecule is COc1ccccc1[C@@H](C)N(C)Cc1csc([C@@H](C)OC)n1. The van der Waals surface area contributed by atoms with E-state index in [9.17, 15) is 0 Å². The van der Waals surface area contributed by atoms with Crippen molar-refractivity contribution in [1.82, 2.24) is 9.88 Å². The minimum atomic E-state index is 0.0516. The highest BCUT2D eigenvalue weighted by atomic mass is 32.1. The molecule has 0 unspecified atom stereocenters. The largest absolute Gasteiger partial charge is 0.496 e. The summed E-state index contributed by atoms with van der Waals surface area (Å²) in [5, 5.41) is 3.13. The van der Waals surface area contributed by atoms with Crippen LogP contribution in [0, 0.1) is 0 Å². The fourth-order valence-corrected chi connectivity index (χ4v) is 3.17.